The maximum atomic E-state index is 12.3. The van der Waals surface area contributed by atoms with Crippen molar-refractivity contribution >= 4 is 5.91 Å². The van der Waals surface area contributed by atoms with Crippen LogP contribution in [0.4, 0.5) is 0 Å². The number of rotatable bonds is 5. The van der Waals surface area contributed by atoms with Crippen LogP contribution in [-0.4, -0.2) is 23.9 Å². The predicted molar refractivity (Wildman–Crippen MR) is 70.6 cm³/mol. The van der Waals surface area contributed by atoms with E-state index in [1.807, 2.05) is 44.2 Å². The van der Waals surface area contributed by atoms with E-state index in [4.69, 9.17) is 6.42 Å². The lowest BCUT2D eigenvalue weighted by molar-refractivity contribution is -0.132. The van der Waals surface area contributed by atoms with Crippen molar-refractivity contribution in [2.45, 2.75) is 26.2 Å². The average molecular weight is 229 g/mol. The molecule has 0 bridgehead atoms. The highest BCUT2D eigenvalue weighted by atomic mass is 16.2. The number of benzene rings is 1. The fourth-order valence-corrected chi connectivity index (χ4v) is 1.91. The largest absolute Gasteiger partial charge is 0.331 e. The molecule has 1 aromatic carbocycles. The van der Waals surface area contributed by atoms with E-state index in [9.17, 15) is 4.79 Å². The molecular weight excluding hydrogens is 210 g/mol. The Hall–Kier alpha value is -1.75. The number of hydrogen-bond acceptors (Lipinski definition) is 1. The number of carbonyl (C=O) groups excluding carboxylic acids is 1. The molecule has 1 amide bonds. The molecule has 1 aromatic rings. The third kappa shape index (κ3) is 3.35. The van der Waals surface area contributed by atoms with Gasteiger partial charge in [-0.05, 0) is 18.9 Å². The normalized spacial score (nSPS) is 11.6. The van der Waals surface area contributed by atoms with Gasteiger partial charge in [-0.2, -0.15) is 0 Å². The highest BCUT2D eigenvalue weighted by Crippen LogP contribution is 2.21. The van der Waals surface area contributed by atoms with Crippen molar-refractivity contribution in [1.82, 2.24) is 4.90 Å². The molecule has 1 unspecified atom stereocenters. The van der Waals surface area contributed by atoms with Crippen molar-refractivity contribution in [1.29, 1.82) is 0 Å². The fraction of sp³-hybridized carbons (Fsp3) is 0.400. The number of nitrogens with zero attached hydrogens (tertiary/aromatic N) is 1. The second kappa shape index (κ2) is 6.75. The van der Waals surface area contributed by atoms with Crippen LogP contribution in [0.2, 0.25) is 0 Å². The fourth-order valence-electron chi connectivity index (χ4n) is 1.91. The number of likely N-dealkylation sites (N-methyl/N-ethyl adjacent to an activating group) is 1. The Morgan fingerprint density at radius 1 is 1.35 bits per heavy atom. The summed E-state index contributed by atoms with van der Waals surface area (Å²) in [6, 6.07) is 9.87. The Morgan fingerprint density at radius 3 is 2.47 bits per heavy atom. The smallest absolute Gasteiger partial charge is 0.230 e. The van der Waals surface area contributed by atoms with E-state index in [0.29, 0.717) is 13.1 Å². The molecule has 0 aliphatic heterocycles. The third-order valence-corrected chi connectivity index (χ3v) is 2.88. The van der Waals surface area contributed by atoms with Crippen molar-refractivity contribution < 1.29 is 4.79 Å². The van der Waals surface area contributed by atoms with Gasteiger partial charge in [-0.3, -0.25) is 4.79 Å². The monoisotopic (exact) mass is 229 g/mol. The molecule has 0 radical (unpaired) electrons. The van der Waals surface area contributed by atoms with Crippen molar-refractivity contribution in [2.24, 2.45) is 0 Å². The lowest BCUT2D eigenvalue weighted by Gasteiger charge is -2.24. The van der Waals surface area contributed by atoms with Gasteiger partial charge in [0.15, 0.2) is 0 Å². The zero-order valence-corrected chi connectivity index (χ0v) is 10.5. The Bertz CT molecular complexity index is 391. The van der Waals surface area contributed by atoms with E-state index in [0.717, 1.165) is 12.0 Å². The summed E-state index contributed by atoms with van der Waals surface area (Å²) < 4.78 is 0. The van der Waals surface area contributed by atoms with Crippen LogP contribution >= 0.6 is 0 Å². The zero-order valence-electron chi connectivity index (χ0n) is 10.5. The van der Waals surface area contributed by atoms with Gasteiger partial charge in [-0.1, -0.05) is 43.2 Å². The SMILES string of the molecule is C#CCN(CC)C(=O)C(CC)c1ccccc1. The minimum Gasteiger partial charge on any atom is -0.331 e. The van der Waals surface area contributed by atoms with E-state index in [-0.39, 0.29) is 11.8 Å². The Kier molecular flexibility index (Phi) is 5.29. The summed E-state index contributed by atoms with van der Waals surface area (Å²) in [6.45, 7) is 5.03. The van der Waals surface area contributed by atoms with E-state index < -0.39 is 0 Å². The van der Waals surface area contributed by atoms with Crippen LogP contribution in [0.15, 0.2) is 30.3 Å². The molecule has 0 heterocycles. The standard InChI is InChI=1S/C15H19NO/c1-4-12-16(6-3)15(17)14(5-2)13-10-8-7-9-11-13/h1,7-11,14H,5-6,12H2,2-3H3. The second-order valence-electron chi connectivity index (χ2n) is 3.93. The summed E-state index contributed by atoms with van der Waals surface area (Å²) in [7, 11) is 0. The van der Waals surface area contributed by atoms with E-state index in [1.54, 1.807) is 4.90 Å². The number of carbonyl (C=O) groups is 1. The van der Waals surface area contributed by atoms with Gasteiger partial charge in [0.05, 0.1) is 12.5 Å². The molecule has 0 saturated heterocycles. The Morgan fingerprint density at radius 2 is 2.00 bits per heavy atom. The Labute approximate surface area is 104 Å². The molecule has 0 N–H and O–H groups in total. The van der Waals surface area contributed by atoms with Gasteiger partial charge < -0.3 is 4.90 Å². The van der Waals surface area contributed by atoms with Crippen LogP contribution in [0.3, 0.4) is 0 Å². The third-order valence-electron chi connectivity index (χ3n) is 2.88. The molecule has 1 rings (SSSR count). The average Bonchev–Trinajstić information content (AvgIpc) is 2.38. The van der Waals surface area contributed by atoms with Gasteiger partial charge in [0.2, 0.25) is 5.91 Å². The molecule has 17 heavy (non-hydrogen) atoms. The summed E-state index contributed by atoms with van der Waals surface area (Å²) in [5.41, 5.74) is 1.07. The predicted octanol–water partition coefficient (Wildman–Crippen LogP) is 2.66. The van der Waals surface area contributed by atoms with Crippen molar-refractivity contribution in [3.05, 3.63) is 35.9 Å². The van der Waals surface area contributed by atoms with Crippen LogP contribution in [0, 0.1) is 12.3 Å². The first kappa shape index (κ1) is 13.3. The van der Waals surface area contributed by atoms with Gasteiger partial charge in [0, 0.05) is 6.54 Å². The van der Waals surface area contributed by atoms with E-state index >= 15 is 0 Å². The van der Waals surface area contributed by atoms with Crippen LogP contribution in [0.1, 0.15) is 31.7 Å². The van der Waals surface area contributed by atoms with Crippen molar-refractivity contribution in [3.8, 4) is 12.3 Å². The van der Waals surface area contributed by atoms with Crippen molar-refractivity contribution in [2.75, 3.05) is 13.1 Å². The first-order valence-electron chi connectivity index (χ1n) is 6.01. The first-order valence-corrected chi connectivity index (χ1v) is 6.01. The molecule has 90 valence electrons. The molecule has 0 aliphatic carbocycles. The quantitative estimate of drug-likeness (QED) is 0.711. The van der Waals surface area contributed by atoms with Crippen molar-refractivity contribution in [3.63, 3.8) is 0 Å². The number of hydrogen-bond donors (Lipinski definition) is 0. The molecule has 1 atom stereocenters. The lowest BCUT2D eigenvalue weighted by Crippen LogP contribution is -2.35. The lowest BCUT2D eigenvalue weighted by atomic mass is 9.95. The molecule has 0 saturated carbocycles. The molecular formula is C15H19NO. The van der Waals surface area contributed by atoms with Crippen LogP contribution in [0.5, 0.6) is 0 Å². The van der Waals surface area contributed by atoms with Gasteiger partial charge in [0.25, 0.3) is 0 Å². The van der Waals surface area contributed by atoms with E-state index in [1.165, 1.54) is 0 Å². The summed E-state index contributed by atoms with van der Waals surface area (Å²) in [6.07, 6.45) is 6.07. The molecule has 0 aromatic heterocycles. The summed E-state index contributed by atoms with van der Waals surface area (Å²) in [5.74, 6) is 2.58. The summed E-state index contributed by atoms with van der Waals surface area (Å²) >= 11 is 0. The van der Waals surface area contributed by atoms with Gasteiger partial charge >= 0.3 is 0 Å². The van der Waals surface area contributed by atoms with Crippen LogP contribution in [0.25, 0.3) is 0 Å². The maximum Gasteiger partial charge on any atom is 0.230 e. The van der Waals surface area contributed by atoms with Gasteiger partial charge in [0.1, 0.15) is 0 Å². The first-order chi connectivity index (χ1) is 8.24. The molecule has 2 nitrogen and oxygen atoms in total. The minimum atomic E-state index is -0.0792. The topological polar surface area (TPSA) is 20.3 Å². The van der Waals surface area contributed by atoms with Gasteiger partial charge in [-0.15, -0.1) is 6.42 Å². The maximum absolute atomic E-state index is 12.3. The number of terminal acetylenes is 1. The highest BCUT2D eigenvalue weighted by Gasteiger charge is 2.22. The highest BCUT2D eigenvalue weighted by molar-refractivity contribution is 5.83. The summed E-state index contributed by atoms with van der Waals surface area (Å²) in [4.78, 5) is 14.0. The molecule has 0 fully saturated rings. The van der Waals surface area contributed by atoms with Gasteiger partial charge in [-0.25, -0.2) is 0 Å². The second-order valence-corrected chi connectivity index (χ2v) is 3.93. The summed E-state index contributed by atoms with van der Waals surface area (Å²) in [5, 5.41) is 0. The zero-order chi connectivity index (χ0) is 12.7. The molecule has 0 spiro atoms. The van der Waals surface area contributed by atoms with E-state index in [2.05, 4.69) is 5.92 Å². The van der Waals surface area contributed by atoms with Crippen LogP contribution < -0.4 is 0 Å². The van der Waals surface area contributed by atoms with Crippen LogP contribution in [-0.2, 0) is 4.79 Å². The number of amides is 1. The molecule has 0 aliphatic rings. The molecule has 2 heteroatoms. The minimum absolute atomic E-state index is 0.0792. The Balaban J connectivity index is 2.88.